The van der Waals surface area contributed by atoms with Crippen LogP contribution >= 0.6 is 9.24 Å². The Hall–Kier alpha value is 0.170. The van der Waals surface area contributed by atoms with Gasteiger partial charge >= 0.3 is 0 Å². The Morgan fingerprint density at radius 1 is 1.10 bits per heavy atom. The maximum absolute atomic E-state index is 2.61. The van der Waals surface area contributed by atoms with E-state index in [1.54, 1.807) is 0 Å². The minimum Gasteiger partial charge on any atom is -0.114 e. The second-order valence-corrected chi connectivity index (χ2v) is 3.02. The number of hydrogen-bond acceptors (Lipinski definition) is 0. The Kier molecular flexibility index (Phi) is 9.33. The molecule has 0 aromatic heterocycles. The molecule has 0 radical (unpaired) electrons. The summed E-state index contributed by atoms with van der Waals surface area (Å²) >= 11 is 0. The van der Waals surface area contributed by atoms with Crippen LogP contribution in [0.1, 0.15) is 45.4 Å². The molecule has 0 N–H and O–H groups in total. The summed E-state index contributed by atoms with van der Waals surface area (Å²) in [6.07, 6.45) is 10.4. The molecule has 0 fully saturated rings. The van der Waals surface area contributed by atoms with Crippen LogP contribution in [-0.2, 0) is 0 Å². The van der Waals surface area contributed by atoms with E-state index in [-0.39, 0.29) is 0 Å². The van der Waals surface area contributed by atoms with Gasteiger partial charge in [-0.1, -0.05) is 44.5 Å². The molecule has 0 bridgehead atoms. The predicted molar refractivity (Wildman–Crippen MR) is 52.2 cm³/mol. The quantitative estimate of drug-likeness (QED) is 0.408. The van der Waals surface area contributed by atoms with Gasteiger partial charge in [-0.05, 0) is 12.8 Å². The van der Waals surface area contributed by atoms with Gasteiger partial charge in [0.1, 0.15) is 0 Å². The van der Waals surface area contributed by atoms with Crippen molar-refractivity contribution < 1.29 is 0 Å². The Morgan fingerprint density at radius 3 is 2.40 bits per heavy atom. The van der Waals surface area contributed by atoms with E-state index in [1.807, 2.05) is 0 Å². The second kappa shape index (κ2) is 9.17. The predicted octanol–water partition coefficient (Wildman–Crippen LogP) is 3.74. The van der Waals surface area contributed by atoms with Crippen LogP contribution in [0.15, 0.2) is 11.9 Å². The van der Waals surface area contributed by atoms with Gasteiger partial charge in [0.05, 0.1) is 0 Å². The monoisotopic (exact) mass is 158 g/mol. The minimum atomic E-state index is 1.26. The van der Waals surface area contributed by atoms with Gasteiger partial charge in [-0.15, -0.1) is 9.24 Å². The molecule has 0 aliphatic carbocycles. The SMILES string of the molecule is CCCCCCCC=CP. The summed E-state index contributed by atoms with van der Waals surface area (Å²) in [7, 11) is 2.61. The average molecular weight is 158 g/mol. The molecule has 1 unspecified atom stereocenters. The maximum atomic E-state index is 2.61. The van der Waals surface area contributed by atoms with Crippen LogP contribution in [-0.4, -0.2) is 0 Å². The molecule has 0 nitrogen and oxygen atoms in total. The van der Waals surface area contributed by atoms with Gasteiger partial charge < -0.3 is 0 Å². The number of unbranched alkanes of at least 4 members (excludes halogenated alkanes) is 5. The van der Waals surface area contributed by atoms with Gasteiger partial charge in [-0.25, -0.2) is 0 Å². The zero-order valence-corrected chi connectivity index (χ0v) is 8.13. The molecule has 1 heteroatoms. The molecule has 0 saturated heterocycles. The van der Waals surface area contributed by atoms with E-state index in [0.717, 1.165) is 0 Å². The summed E-state index contributed by atoms with van der Waals surface area (Å²) in [5.41, 5.74) is 0. The molecule has 0 saturated carbocycles. The lowest BCUT2D eigenvalue weighted by molar-refractivity contribution is 0.637. The van der Waals surface area contributed by atoms with Crippen LogP contribution in [0.3, 0.4) is 0 Å². The first-order chi connectivity index (χ1) is 4.91. The molecule has 0 amide bonds. The van der Waals surface area contributed by atoms with Gasteiger partial charge in [0.2, 0.25) is 0 Å². The topological polar surface area (TPSA) is 0 Å². The molecule has 0 spiro atoms. The third-order valence-electron chi connectivity index (χ3n) is 1.61. The molecule has 1 atom stereocenters. The molecule has 0 aromatic carbocycles. The fourth-order valence-electron chi connectivity index (χ4n) is 0.962. The smallest absolute Gasteiger partial charge is 0.0347 e. The van der Waals surface area contributed by atoms with Crippen molar-refractivity contribution in [2.75, 3.05) is 0 Å². The molecular formula is C9H19P. The molecular weight excluding hydrogens is 139 g/mol. The fourth-order valence-corrected chi connectivity index (χ4v) is 1.15. The lowest BCUT2D eigenvalue weighted by Gasteiger charge is -1.94. The van der Waals surface area contributed by atoms with Gasteiger partial charge in [0.15, 0.2) is 0 Å². The lowest BCUT2D eigenvalue weighted by atomic mass is 10.1. The summed E-state index contributed by atoms with van der Waals surface area (Å²) < 4.78 is 0. The Balaban J connectivity index is 2.77. The summed E-state index contributed by atoms with van der Waals surface area (Å²) in [5.74, 6) is 2.06. The lowest BCUT2D eigenvalue weighted by Crippen LogP contribution is -1.75. The molecule has 0 aliphatic heterocycles. The van der Waals surface area contributed by atoms with E-state index < -0.39 is 0 Å². The van der Waals surface area contributed by atoms with Crippen molar-refractivity contribution in [1.29, 1.82) is 0 Å². The van der Waals surface area contributed by atoms with Crippen LogP contribution in [0, 0.1) is 0 Å². The van der Waals surface area contributed by atoms with Crippen molar-refractivity contribution in [2.45, 2.75) is 45.4 Å². The van der Waals surface area contributed by atoms with E-state index in [2.05, 4.69) is 28.1 Å². The van der Waals surface area contributed by atoms with Crippen molar-refractivity contribution in [3.8, 4) is 0 Å². The highest BCUT2D eigenvalue weighted by Crippen LogP contribution is 2.05. The number of allylic oxidation sites excluding steroid dienone is 1. The first kappa shape index (κ1) is 10.2. The third-order valence-corrected chi connectivity index (χ3v) is 1.88. The number of rotatable bonds is 6. The zero-order valence-electron chi connectivity index (χ0n) is 6.97. The second-order valence-electron chi connectivity index (χ2n) is 2.63. The molecule has 0 aromatic rings. The molecule has 60 valence electrons. The standard InChI is InChI=1S/C9H19P/c1-2-3-4-5-6-7-8-9-10/h8-9H,2-7,10H2,1H3. The first-order valence-electron chi connectivity index (χ1n) is 4.28. The Labute approximate surface area is 67.3 Å². The van der Waals surface area contributed by atoms with Crippen LogP contribution in [0.25, 0.3) is 0 Å². The summed E-state index contributed by atoms with van der Waals surface area (Å²) in [6.45, 7) is 2.25. The van der Waals surface area contributed by atoms with E-state index in [9.17, 15) is 0 Å². The highest BCUT2D eigenvalue weighted by Gasteiger charge is 1.84. The highest BCUT2D eigenvalue weighted by molar-refractivity contribution is 7.20. The van der Waals surface area contributed by atoms with E-state index in [1.165, 1.54) is 38.5 Å². The van der Waals surface area contributed by atoms with E-state index in [4.69, 9.17) is 0 Å². The summed E-state index contributed by atoms with van der Waals surface area (Å²) in [5, 5.41) is 0. The van der Waals surface area contributed by atoms with Crippen LogP contribution in [0.2, 0.25) is 0 Å². The van der Waals surface area contributed by atoms with Crippen LogP contribution in [0.4, 0.5) is 0 Å². The fraction of sp³-hybridized carbons (Fsp3) is 0.778. The highest BCUT2D eigenvalue weighted by atomic mass is 31.0. The first-order valence-corrected chi connectivity index (χ1v) is 4.95. The van der Waals surface area contributed by atoms with Gasteiger partial charge in [-0.2, -0.15) is 0 Å². The number of hydrogen-bond donors (Lipinski definition) is 0. The maximum Gasteiger partial charge on any atom is -0.0347 e. The molecule has 10 heavy (non-hydrogen) atoms. The van der Waals surface area contributed by atoms with Crippen LogP contribution < -0.4 is 0 Å². The van der Waals surface area contributed by atoms with Crippen LogP contribution in [0.5, 0.6) is 0 Å². The zero-order chi connectivity index (χ0) is 7.66. The molecule has 0 rings (SSSR count). The van der Waals surface area contributed by atoms with E-state index >= 15 is 0 Å². The normalized spacial score (nSPS) is 11.0. The van der Waals surface area contributed by atoms with Gasteiger partial charge in [0.25, 0.3) is 0 Å². The summed E-state index contributed by atoms with van der Waals surface area (Å²) in [4.78, 5) is 0. The van der Waals surface area contributed by atoms with Crippen molar-refractivity contribution in [3.63, 3.8) is 0 Å². The largest absolute Gasteiger partial charge is 0.114 e. The third kappa shape index (κ3) is 8.17. The van der Waals surface area contributed by atoms with Crippen molar-refractivity contribution in [1.82, 2.24) is 0 Å². The van der Waals surface area contributed by atoms with Crippen molar-refractivity contribution in [2.24, 2.45) is 0 Å². The Bertz CT molecular complexity index is 76.8. The van der Waals surface area contributed by atoms with Crippen molar-refractivity contribution >= 4 is 9.24 Å². The van der Waals surface area contributed by atoms with E-state index in [0.29, 0.717) is 0 Å². The van der Waals surface area contributed by atoms with Gasteiger partial charge in [-0.3, -0.25) is 0 Å². The molecule has 0 heterocycles. The average Bonchev–Trinajstić information content (AvgIpc) is 1.97. The molecule has 0 aliphatic rings. The Morgan fingerprint density at radius 2 is 1.80 bits per heavy atom. The van der Waals surface area contributed by atoms with Gasteiger partial charge in [0, 0.05) is 0 Å². The minimum absolute atomic E-state index is 1.26. The summed E-state index contributed by atoms with van der Waals surface area (Å²) in [6, 6.07) is 0. The van der Waals surface area contributed by atoms with Crippen molar-refractivity contribution in [3.05, 3.63) is 11.9 Å².